The third kappa shape index (κ3) is 4.88. The van der Waals surface area contributed by atoms with Crippen molar-refractivity contribution >= 4 is 33.5 Å². The molecule has 0 amide bonds. The van der Waals surface area contributed by atoms with Gasteiger partial charge in [-0.05, 0) is 12.3 Å². The monoisotopic (exact) mass is 366 g/mol. The summed E-state index contributed by atoms with van der Waals surface area (Å²) in [6.45, 7) is 6.20. The van der Waals surface area contributed by atoms with E-state index >= 15 is 0 Å². The van der Waals surface area contributed by atoms with Crippen LogP contribution < -0.4 is 5.56 Å². The van der Waals surface area contributed by atoms with Gasteiger partial charge in [-0.3, -0.25) is 14.2 Å². The lowest BCUT2D eigenvalue weighted by atomic mass is 10.2. The molecule has 0 spiro atoms. The maximum absolute atomic E-state index is 12.6. The topological polar surface area (TPSA) is 87.5 Å². The second-order valence-corrected chi connectivity index (χ2v) is 6.93. The molecular formula is C17H22N2O5S. The fraction of sp³-hybridized carbons (Fsp3) is 0.529. The number of esters is 2. The van der Waals surface area contributed by atoms with E-state index in [0.29, 0.717) is 11.4 Å². The lowest BCUT2D eigenvalue weighted by Gasteiger charge is -2.08. The van der Waals surface area contributed by atoms with Crippen molar-refractivity contribution in [3.63, 3.8) is 0 Å². The number of aromatic nitrogens is 2. The quantitative estimate of drug-likeness (QED) is 0.527. The number of hydrogen-bond acceptors (Lipinski definition) is 7. The summed E-state index contributed by atoms with van der Waals surface area (Å²) in [5.41, 5.74) is -0.256. The molecule has 2 heterocycles. The van der Waals surface area contributed by atoms with Crippen LogP contribution in [0.5, 0.6) is 0 Å². The highest BCUT2D eigenvalue weighted by atomic mass is 32.1. The second-order valence-electron chi connectivity index (χ2n) is 6.07. The lowest BCUT2D eigenvalue weighted by molar-refractivity contribution is -0.145. The van der Waals surface area contributed by atoms with E-state index in [0.717, 1.165) is 17.4 Å². The zero-order valence-corrected chi connectivity index (χ0v) is 15.4. The number of carbonyl (C=O) groups excluding carboxylic acids is 2. The molecule has 136 valence electrons. The molecule has 0 atom stereocenters. The number of hydrogen-bond donors (Lipinski definition) is 0. The van der Waals surface area contributed by atoms with Gasteiger partial charge in [-0.2, -0.15) is 0 Å². The smallest absolute Gasteiger partial charge is 0.339 e. The number of carbonyl (C=O) groups is 2. The SMILES string of the molecule is CCCCOC(=O)c1csc2ncn(CC(=O)OCC(C)C)c(=O)c12. The Morgan fingerprint density at radius 2 is 2.08 bits per heavy atom. The Hall–Kier alpha value is -2.22. The first kappa shape index (κ1) is 19.1. The van der Waals surface area contributed by atoms with E-state index in [2.05, 4.69) is 4.98 Å². The highest BCUT2D eigenvalue weighted by molar-refractivity contribution is 7.17. The molecule has 0 bridgehead atoms. The van der Waals surface area contributed by atoms with Crippen LogP contribution in [0.2, 0.25) is 0 Å². The molecular weight excluding hydrogens is 344 g/mol. The van der Waals surface area contributed by atoms with Crippen molar-refractivity contribution in [3.05, 3.63) is 27.6 Å². The molecule has 0 aliphatic heterocycles. The molecule has 0 saturated carbocycles. The summed E-state index contributed by atoms with van der Waals surface area (Å²) < 4.78 is 11.4. The van der Waals surface area contributed by atoms with Crippen molar-refractivity contribution in [1.29, 1.82) is 0 Å². The number of unbranched alkanes of at least 4 members (excludes halogenated alkanes) is 1. The number of nitrogens with zero attached hydrogens (tertiary/aromatic N) is 2. The standard InChI is InChI=1S/C17H22N2O5S/c1-4-5-6-23-17(22)12-9-25-15-14(12)16(21)19(10-18-15)7-13(20)24-8-11(2)3/h9-11H,4-8H2,1-3H3. The zero-order valence-electron chi connectivity index (χ0n) is 14.6. The van der Waals surface area contributed by atoms with Gasteiger partial charge in [-0.25, -0.2) is 9.78 Å². The molecule has 0 aromatic carbocycles. The van der Waals surface area contributed by atoms with Gasteiger partial charge in [0.15, 0.2) is 0 Å². The fourth-order valence-electron chi connectivity index (χ4n) is 2.06. The van der Waals surface area contributed by atoms with Gasteiger partial charge in [0.2, 0.25) is 0 Å². The zero-order chi connectivity index (χ0) is 18.4. The van der Waals surface area contributed by atoms with Crippen molar-refractivity contribution in [2.24, 2.45) is 5.92 Å². The summed E-state index contributed by atoms with van der Waals surface area (Å²) in [5.74, 6) is -0.847. The van der Waals surface area contributed by atoms with Gasteiger partial charge in [0.25, 0.3) is 5.56 Å². The summed E-state index contributed by atoms with van der Waals surface area (Å²) >= 11 is 1.20. The van der Waals surface area contributed by atoms with Gasteiger partial charge in [0, 0.05) is 5.38 Å². The summed E-state index contributed by atoms with van der Waals surface area (Å²) in [6, 6.07) is 0. The molecule has 0 saturated heterocycles. The normalized spacial score (nSPS) is 11.0. The molecule has 8 heteroatoms. The Balaban J connectivity index is 2.23. The van der Waals surface area contributed by atoms with Gasteiger partial charge in [0.05, 0.1) is 30.5 Å². The maximum atomic E-state index is 12.6. The predicted octanol–water partition coefficient (Wildman–Crippen LogP) is 2.61. The molecule has 2 aromatic heterocycles. The van der Waals surface area contributed by atoms with Crippen molar-refractivity contribution in [1.82, 2.24) is 9.55 Å². The largest absolute Gasteiger partial charge is 0.464 e. The summed E-state index contributed by atoms with van der Waals surface area (Å²) in [5, 5.41) is 1.75. The molecule has 25 heavy (non-hydrogen) atoms. The van der Waals surface area contributed by atoms with Crippen molar-refractivity contribution in [2.45, 2.75) is 40.2 Å². The minimum Gasteiger partial charge on any atom is -0.464 e. The molecule has 2 aromatic rings. The first-order chi connectivity index (χ1) is 11.9. The van der Waals surface area contributed by atoms with E-state index in [1.165, 1.54) is 17.7 Å². The van der Waals surface area contributed by atoms with Crippen LogP contribution >= 0.6 is 11.3 Å². The molecule has 0 unspecified atom stereocenters. The van der Waals surface area contributed by atoms with E-state index < -0.39 is 17.5 Å². The van der Waals surface area contributed by atoms with Gasteiger partial charge in [-0.15, -0.1) is 11.3 Å². The Morgan fingerprint density at radius 3 is 2.76 bits per heavy atom. The highest BCUT2D eigenvalue weighted by Crippen LogP contribution is 2.21. The van der Waals surface area contributed by atoms with Crippen LogP contribution in [0.15, 0.2) is 16.5 Å². The number of thiophene rings is 1. The molecule has 7 nitrogen and oxygen atoms in total. The molecule has 0 aliphatic carbocycles. The lowest BCUT2D eigenvalue weighted by Crippen LogP contribution is -2.27. The van der Waals surface area contributed by atoms with Gasteiger partial charge < -0.3 is 9.47 Å². The van der Waals surface area contributed by atoms with Crippen LogP contribution in [-0.4, -0.2) is 34.7 Å². The highest BCUT2D eigenvalue weighted by Gasteiger charge is 2.19. The number of fused-ring (bicyclic) bond motifs is 1. The van der Waals surface area contributed by atoms with Crippen LogP contribution in [0.3, 0.4) is 0 Å². The van der Waals surface area contributed by atoms with Crippen molar-refractivity contribution in [3.8, 4) is 0 Å². The molecule has 0 aliphatic rings. The Morgan fingerprint density at radius 1 is 1.32 bits per heavy atom. The van der Waals surface area contributed by atoms with Crippen LogP contribution in [0.25, 0.3) is 10.2 Å². The van der Waals surface area contributed by atoms with Crippen molar-refractivity contribution in [2.75, 3.05) is 13.2 Å². The summed E-state index contributed by atoms with van der Waals surface area (Å²) in [6.07, 6.45) is 2.96. The fourth-order valence-corrected chi connectivity index (χ4v) is 2.93. The van der Waals surface area contributed by atoms with E-state index in [1.807, 2.05) is 20.8 Å². The summed E-state index contributed by atoms with van der Waals surface area (Å²) in [4.78, 5) is 41.2. The van der Waals surface area contributed by atoms with Gasteiger partial charge in [-0.1, -0.05) is 27.2 Å². The minimum atomic E-state index is -0.543. The molecule has 0 radical (unpaired) electrons. The van der Waals surface area contributed by atoms with Gasteiger partial charge >= 0.3 is 11.9 Å². The first-order valence-corrected chi connectivity index (χ1v) is 9.11. The number of ether oxygens (including phenoxy) is 2. The van der Waals surface area contributed by atoms with Crippen LogP contribution in [-0.2, 0) is 20.8 Å². The second kappa shape index (κ2) is 8.75. The van der Waals surface area contributed by atoms with Gasteiger partial charge in [0.1, 0.15) is 11.4 Å². The third-order valence-corrected chi connectivity index (χ3v) is 4.28. The first-order valence-electron chi connectivity index (χ1n) is 8.23. The Bertz CT molecular complexity index is 809. The molecule has 0 N–H and O–H groups in total. The van der Waals surface area contributed by atoms with Crippen LogP contribution in [0.4, 0.5) is 0 Å². The summed E-state index contributed by atoms with van der Waals surface area (Å²) in [7, 11) is 0. The average Bonchev–Trinajstić information content (AvgIpc) is 3.00. The Kier molecular flexibility index (Phi) is 6.69. The average molecular weight is 366 g/mol. The molecule has 2 rings (SSSR count). The Labute approximate surface area is 149 Å². The van der Waals surface area contributed by atoms with Crippen molar-refractivity contribution < 1.29 is 19.1 Å². The van der Waals surface area contributed by atoms with E-state index in [4.69, 9.17) is 9.47 Å². The minimum absolute atomic E-state index is 0.186. The van der Waals surface area contributed by atoms with E-state index in [1.54, 1.807) is 5.38 Å². The van der Waals surface area contributed by atoms with Crippen LogP contribution in [0, 0.1) is 5.92 Å². The molecule has 0 fully saturated rings. The predicted molar refractivity (Wildman–Crippen MR) is 94.9 cm³/mol. The number of rotatable bonds is 8. The third-order valence-electron chi connectivity index (χ3n) is 3.39. The maximum Gasteiger partial charge on any atom is 0.339 e. The van der Waals surface area contributed by atoms with E-state index in [-0.39, 0.29) is 30.0 Å². The van der Waals surface area contributed by atoms with Crippen LogP contribution in [0.1, 0.15) is 44.0 Å². The van der Waals surface area contributed by atoms with E-state index in [9.17, 15) is 14.4 Å².